The van der Waals surface area contributed by atoms with Gasteiger partial charge in [0.25, 0.3) is 0 Å². The number of carbonyl (C=O) groups excluding carboxylic acids is 2. The number of aryl methyl sites for hydroxylation is 4. The molecule has 0 bridgehead atoms. The zero-order valence-electron chi connectivity index (χ0n) is 51.0. The zero-order valence-corrected chi connectivity index (χ0v) is 51.0. The average molecular weight is 1120 g/mol. The van der Waals surface area contributed by atoms with Gasteiger partial charge in [-0.3, -0.25) is 0 Å². The van der Waals surface area contributed by atoms with Crippen LogP contribution in [0.1, 0.15) is 268 Å². The number of benzene rings is 4. The van der Waals surface area contributed by atoms with Crippen LogP contribution in [0.3, 0.4) is 0 Å². The Kier molecular flexibility index (Phi) is 33.0. The number of unbranched alkanes of at least 4 members (excludes halogenated alkanes) is 25. The smallest absolute Gasteiger partial charge is 0.343 e. The van der Waals surface area contributed by atoms with E-state index in [1.54, 1.807) is 36.4 Å². The van der Waals surface area contributed by atoms with E-state index >= 15 is 0 Å². The summed E-state index contributed by atoms with van der Waals surface area (Å²) < 4.78 is 11.2. The number of nitriles is 2. The van der Waals surface area contributed by atoms with Crippen molar-refractivity contribution in [2.24, 2.45) is 0 Å². The Morgan fingerprint density at radius 2 is 0.614 bits per heavy atom. The van der Waals surface area contributed by atoms with Crippen molar-refractivity contribution in [2.75, 3.05) is 0 Å². The van der Waals surface area contributed by atoms with Gasteiger partial charge in [-0.05, 0) is 122 Å². The van der Waals surface area contributed by atoms with Gasteiger partial charge < -0.3 is 9.47 Å². The van der Waals surface area contributed by atoms with Crippen LogP contribution < -0.4 is 9.47 Å². The first-order valence-corrected chi connectivity index (χ1v) is 32.1. The highest BCUT2D eigenvalue weighted by atomic mass is 16.5. The Bertz CT molecular complexity index is 2830. The minimum Gasteiger partial charge on any atom is -0.422 e. The van der Waals surface area contributed by atoms with Gasteiger partial charge in [0.1, 0.15) is 23.6 Å². The van der Waals surface area contributed by atoms with Crippen LogP contribution in [-0.4, -0.2) is 31.9 Å². The van der Waals surface area contributed by atoms with Crippen LogP contribution in [0.2, 0.25) is 0 Å². The predicted molar refractivity (Wildman–Crippen MR) is 339 cm³/mol. The quantitative estimate of drug-likeness (QED) is 0.0207. The van der Waals surface area contributed by atoms with E-state index in [2.05, 4.69) is 59.8 Å². The van der Waals surface area contributed by atoms with Crippen molar-refractivity contribution < 1.29 is 19.1 Å². The summed E-state index contributed by atoms with van der Waals surface area (Å²) in [6, 6.07) is 29.6. The molecule has 0 spiro atoms. The number of carbonyl (C=O) groups is 2. The molecule has 10 nitrogen and oxygen atoms in total. The van der Waals surface area contributed by atoms with Crippen LogP contribution in [0, 0.1) is 22.7 Å². The highest BCUT2D eigenvalue weighted by Crippen LogP contribution is 2.26. The van der Waals surface area contributed by atoms with Crippen LogP contribution in [0.5, 0.6) is 11.5 Å². The number of aromatic nitrogens is 4. The van der Waals surface area contributed by atoms with Gasteiger partial charge in [-0.1, -0.05) is 225 Å². The lowest BCUT2D eigenvalue weighted by Crippen LogP contribution is -2.09. The number of ether oxygens (including phenoxy) is 2. The molecule has 0 aliphatic carbocycles. The number of hydrogen-bond acceptors (Lipinski definition) is 10. The molecule has 2 aromatic heterocycles. The molecule has 83 heavy (non-hydrogen) atoms. The highest BCUT2D eigenvalue weighted by Gasteiger charge is 2.16. The first kappa shape index (κ1) is 66.8. The molecular weight excluding hydrogens is 1020 g/mol. The lowest BCUT2D eigenvalue weighted by molar-refractivity contribution is 0.0724. The molecule has 0 aliphatic heterocycles. The Morgan fingerprint density at radius 3 is 0.892 bits per heavy atom. The van der Waals surface area contributed by atoms with Crippen molar-refractivity contribution in [2.45, 2.75) is 240 Å². The van der Waals surface area contributed by atoms with Crippen LogP contribution in [0.25, 0.3) is 22.8 Å². The monoisotopic (exact) mass is 1120 g/mol. The summed E-state index contributed by atoms with van der Waals surface area (Å²) in [4.78, 5) is 43.8. The molecule has 0 amide bonds. The topological polar surface area (TPSA) is 152 Å². The molecule has 0 saturated carbocycles. The molecule has 10 heteroatoms. The second-order valence-electron chi connectivity index (χ2n) is 22.5. The molecule has 0 aliphatic rings. The molecule has 0 atom stereocenters. The van der Waals surface area contributed by atoms with Gasteiger partial charge in [0, 0.05) is 35.9 Å². The van der Waals surface area contributed by atoms with Crippen LogP contribution >= 0.6 is 0 Å². The maximum atomic E-state index is 12.8. The van der Waals surface area contributed by atoms with Gasteiger partial charge >= 0.3 is 11.9 Å². The zero-order chi connectivity index (χ0) is 59.0. The largest absolute Gasteiger partial charge is 0.422 e. The standard InChI is InChI=1S/C37H49N3O2.C36H47N3O2/c1-3-5-7-9-11-13-15-17-19-31-28-39-36(40-29-31)32-21-23-33(24-22-32)37(41)42-35-25-20-30(26-34(35)27-38)18-16-14-12-10-8-6-4-2;1-3-5-7-9-11-12-14-16-18-30-27-38-35(39-28-30)31-20-22-32(23-21-31)36(40)41-34-24-19-29(25-33(34)26-37)17-15-13-10-8-6-4-2/h20-26,28-29H,3-19H2,1-2H3;19-25,27-28H,3-18H2,1-2H3. The van der Waals surface area contributed by atoms with Crippen molar-refractivity contribution in [3.63, 3.8) is 0 Å². The number of nitrogens with zero attached hydrogens (tertiary/aromatic N) is 6. The van der Waals surface area contributed by atoms with E-state index in [-0.39, 0.29) is 0 Å². The third-order valence-electron chi connectivity index (χ3n) is 15.4. The molecular formula is C73H96N6O4. The minimum atomic E-state index is -0.488. The van der Waals surface area contributed by atoms with Crippen LogP contribution in [-0.2, 0) is 25.7 Å². The van der Waals surface area contributed by atoms with E-state index in [1.807, 2.05) is 73.3 Å². The Morgan fingerprint density at radius 1 is 0.349 bits per heavy atom. The van der Waals surface area contributed by atoms with Gasteiger partial charge in [-0.15, -0.1) is 0 Å². The maximum Gasteiger partial charge on any atom is 0.343 e. The fraction of sp³-hybridized carbons (Fsp3) is 0.507. The Hall–Kier alpha value is -7.04. The van der Waals surface area contributed by atoms with Gasteiger partial charge in [-0.2, -0.15) is 10.5 Å². The lowest BCUT2D eigenvalue weighted by Gasteiger charge is -2.09. The lowest BCUT2D eigenvalue weighted by atomic mass is 10.0. The Balaban J connectivity index is 0.000000304. The number of hydrogen-bond donors (Lipinski definition) is 0. The fourth-order valence-corrected chi connectivity index (χ4v) is 10.2. The third-order valence-corrected chi connectivity index (χ3v) is 15.4. The highest BCUT2D eigenvalue weighted by molar-refractivity contribution is 5.92. The molecule has 0 radical (unpaired) electrons. The molecule has 0 N–H and O–H groups in total. The van der Waals surface area contributed by atoms with E-state index in [0.717, 1.165) is 71.9 Å². The second kappa shape index (κ2) is 41.0. The molecule has 0 fully saturated rings. The third kappa shape index (κ3) is 26.0. The molecule has 6 rings (SSSR count). The SMILES string of the molecule is CCCCCCCCCCc1cnc(-c2ccc(C(=O)Oc3ccc(CCCCCCCC)cc3C#N)cc2)nc1.CCCCCCCCCCc1cnc(-c2ccc(C(=O)Oc3ccc(CCCCCCCCC)cc3C#N)cc2)nc1. The Labute approximate surface area is 499 Å². The fourth-order valence-electron chi connectivity index (χ4n) is 10.2. The molecule has 4 aromatic carbocycles. The summed E-state index contributed by atoms with van der Waals surface area (Å²) in [7, 11) is 0. The minimum absolute atomic E-state index is 0.295. The van der Waals surface area contributed by atoms with E-state index in [1.165, 1.54) is 173 Å². The van der Waals surface area contributed by atoms with Gasteiger partial charge in [0.05, 0.1) is 22.3 Å². The summed E-state index contributed by atoms with van der Waals surface area (Å²) >= 11 is 0. The molecule has 6 aromatic rings. The number of rotatable bonds is 39. The van der Waals surface area contributed by atoms with Crippen LogP contribution in [0.4, 0.5) is 0 Å². The van der Waals surface area contributed by atoms with Crippen molar-refractivity contribution in [3.8, 4) is 46.4 Å². The average Bonchev–Trinajstić information content (AvgIpc) is 3.56. The first-order valence-electron chi connectivity index (χ1n) is 32.1. The van der Waals surface area contributed by atoms with Crippen LogP contribution in [0.15, 0.2) is 110 Å². The predicted octanol–water partition coefficient (Wildman–Crippen LogP) is 20.0. The summed E-state index contributed by atoms with van der Waals surface area (Å²) in [6.07, 6.45) is 48.5. The molecule has 0 saturated heterocycles. The van der Waals surface area contributed by atoms with Crippen molar-refractivity contribution >= 4 is 11.9 Å². The van der Waals surface area contributed by atoms with E-state index in [9.17, 15) is 20.1 Å². The van der Waals surface area contributed by atoms with Gasteiger partial charge in [0.15, 0.2) is 11.6 Å². The maximum absolute atomic E-state index is 12.8. The first-order chi connectivity index (χ1) is 40.8. The molecule has 2 heterocycles. The second-order valence-corrected chi connectivity index (χ2v) is 22.5. The summed E-state index contributed by atoms with van der Waals surface area (Å²) in [5.74, 6) is 0.891. The number of esters is 2. The normalized spacial score (nSPS) is 10.9. The van der Waals surface area contributed by atoms with Crippen molar-refractivity contribution in [1.82, 2.24) is 19.9 Å². The van der Waals surface area contributed by atoms with Gasteiger partial charge in [-0.25, -0.2) is 29.5 Å². The summed E-state index contributed by atoms with van der Waals surface area (Å²) in [6.45, 7) is 8.96. The van der Waals surface area contributed by atoms with E-state index < -0.39 is 11.9 Å². The molecule has 442 valence electrons. The molecule has 0 unspecified atom stereocenters. The van der Waals surface area contributed by atoms with E-state index in [4.69, 9.17) is 9.47 Å². The van der Waals surface area contributed by atoms with Crippen molar-refractivity contribution in [1.29, 1.82) is 10.5 Å². The van der Waals surface area contributed by atoms with E-state index in [0.29, 0.717) is 45.4 Å². The summed E-state index contributed by atoms with van der Waals surface area (Å²) in [5, 5.41) is 19.3. The summed E-state index contributed by atoms with van der Waals surface area (Å²) in [5.41, 5.74) is 7.83. The van der Waals surface area contributed by atoms with Gasteiger partial charge in [0.2, 0.25) is 0 Å². The van der Waals surface area contributed by atoms with Crippen molar-refractivity contribution in [3.05, 3.63) is 154 Å².